The summed E-state index contributed by atoms with van der Waals surface area (Å²) in [7, 11) is 0. The first-order chi connectivity index (χ1) is 14.4. The summed E-state index contributed by atoms with van der Waals surface area (Å²) >= 11 is 0. The highest BCUT2D eigenvalue weighted by atomic mass is 16.2. The third-order valence-corrected chi connectivity index (χ3v) is 4.85. The second-order valence-electron chi connectivity index (χ2n) is 7.69. The van der Waals surface area contributed by atoms with Gasteiger partial charge >= 0.3 is 0 Å². The van der Waals surface area contributed by atoms with E-state index in [1.165, 1.54) is 6.33 Å². The van der Waals surface area contributed by atoms with E-state index in [9.17, 15) is 9.59 Å². The Bertz CT molecular complexity index is 964. The standard InChI is InChI=1S/C23H27N5O2/c1-16(2)21(27-22(29)20-10-4-17(3)5-11-20)23(30)25-12-18-6-8-19(9-7-18)13-28-15-24-14-26-28/h4-11,14-16,21H,12-13H2,1-3H3,(H,25,30)(H,27,29). The molecule has 0 saturated carbocycles. The fourth-order valence-corrected chi connectivity index (χ4v) is 3.03. The van der Waals surface area contributed by atoms with Crippen LogP contribution < -0.4 is 10.6 Å². The van der Waals surface area contributed by atoms with Crippen LogP contribution in [0.25, 0.3) is 0 Å². The molecular weight excluding hydrogens is 378 g/mol. The minimum atomic E-state index is -0.606. The fraction of sp³-hybridized carbons (Fsp3) is 0.304. The van der Waals surface area contributed by atoms with Crippen molar-refractivity contribution in [2.75, 3.05) is 0 Å². The highest BCUT2D eigenvalue weighted by Gasteiger charge is 2.24. The lowest BCUT2D eigenvalue weighted by atomic mass is 10.0. The molecule has 3 rings (SSSR count). The van der Waals surface area contributed by atoms with Crippen LogP contribution in [0.1, 0.15) is 40.9 Å². The summed E-state index contributed by atoms with van der Waals surface area (Å²) in [6.07, 6.45) is 3.18. The minimum absolute atomic E-state index is 0.0375. The fourth-order valence-electron chi connectivity index (χ4n) is 3.03. The molecule has 30 heavy (non-hydrogen) atoms. The predicted octanol–water partition coefficient (Wildman–Crippen LogP) is 2.71. The van der Waals surface area contributed by atoms with Crippen LogP contribution in [0.5, 0.6) is 0 Å². The van der Waals surface area contributed by atoms with Crippen molar-refractivity contribution in [1.29, 1.82) is 0 Å². The number of carbonyl (C=O) groups excluding carboxylic acids is 2. The number of benzene rings is 2. The van der Waals surface area contributed by atoms with Crippen molar-refractivity contribution in [2.24, 2.45) is 5.92 Å². The molecule has 0 bridgehead atoms. The molecule has 0 spiro atoms. The Morgan fingerprint density at radius 2 is 1.67 bits per heavy atom. The number of amides is 2. The Morgan fingerprint density at radius 3 is 2.27 bits per heavy atom. The lowest BCUT2D eigenvalue weighted by Crippen LogP contribution is -2.49. The average molecular weight is 406 g/mol. The van der Waals surface area contributed by atoms with Gasteiger partial charge < -0.3 is 10.6 Å². The number of rotatable bonds is 8. The largest absolute Gasteiger partial charge is 0.350 e. The van der Waals surface area contributed by atoms with Gasteiger partial charge in [0.25, 0.3) is 5.91 Å². The Labute approximate surface area is 176 Å². The van der Waals surface area contributed by atoms with Crippen molar-refractivity contribution in [2.45, 2.75) is 39.9 Å². The van der Waals surface area contributed by atoms with Crippen LogP contribution in [0.3, 0.4) is 0 Å². The quantitative estimate of drug-likeness (QED) is 0.603. The molecule has 0 aliphatic rings. The topological polar surface area (TPSA) is 88.9 Å². The van der Waals surface area contributed by atoms with E-state index < -0.39 is 6.04 Å². The highest BCUT2D eigenvalue weighted by Crippen LogP contribution is 2.09. The molecule has 0 aliphatic carbocycles. The maximum atomic E-state index is 12.7. The molecule has 2 amide bonds. The molecule has 3 aromatic rings. The summed E-state index contributed by atoms with van der Waals surface area (Å²) in [5.74, 6) is -0.483. The SMILES string of the molecule is Cc1ccc(C(=O)NC(C(=O)NCc2ccc(Cn3cncn3)cc2)C(C)C)cc1. The van der Waals surface area contributed by atoms with Gasteiger partial charge in [0.1, 0.15) is 18.7 Å². The second kappa shape index (κ2) is 9.82. The van der Waals surface area contributed by atoms with Crippen molar-refractivity contribution in [1.82, 2.24) is 25.4 Å². The molecule has 1 heterocycles. The first-order valence-corrected chi connectivity index (χ1v) is 9.98. The number of nitrogens with one attached hydrogen (secondary N) is 2. The van der Waals surface area contributed by atoms with Crippen LogP contribution in [0, 0.1) is 12.8 Å². The zero-order valence-electron chi connectivity index (χ0n) is 17.5. The molecule has 0 radical (unpaired) electrons. The molecule has 1 atom stereocenters. The summed E-state index contributed by atoms with van der Waals surface area (Å²) in [6, 6.07) is 14.6. The van der Waals surface area contributed by atoms with Crippen molar-refractivity contribution in [3.05, 3.63) is 83.4 Å². The first kappa shape index (κ1) is 21.2. The average Bonchev–Trinajstić information content (AvgIpc) is 3.24. The Morgan fingerprint density at radius 1 is 1.00 bits per heavy atom. The van der Waals surface area contributed by atoms with Crippen molar-refractivity contribution < 1.29 is 9.59 Å². The summed E-state index contributed by atoms with van der Waals surface area (Å²) in [5, 5.41) is 9.88. The van der Waals surface area contributed by atoms with E-state index in [1.807, 2.05) is 57.2 Å². The van der Waals surface area contributed by atoms with Gasteiger partial charge in [0.2, 0.25) is 5.91 Å². The van der Waals surface area contributed by atoms with Gasteiger partial charge in [-0.1, -0.05) is 55.8 Å². The smallest absolute Gasteiger partial charge is 0.251 e. The lowest BCUT2D eigenvalue weighted by Gasteiger charge is -2.22. The number of hydrogen-bond acceptors (Lipinski definition) is 4. The number of nitrogens with zero attached hydrogens (tertiary/aromatic N) is 3. The molecule has 0 saturated heterocycles. The highest BCUT2D eigenvalue weighted by molar-refractivity contribution is 5.97. The Kier molecular flexibility index (Phi) is 6.95. The molecule has 7 heteroatoms. The number of aryl methyl sites for hydroxylation is 1. The molecule has 1 unspecified atom stereocenters. The van der Waals surface area contributed by atoms with E-state index in [0.717, 1.165) is 16.7 Å². The van der Waals surface area contributed by atoms with Gasteiger partial charge in [-0.15, -0.1) is 0 Å². The summed E-state index contributed by atoms with van der Waals surface area (Å²) in [6.45, 7) is 6.84. The zero-order valence-corrected chi connectivity index (χ0v) is 17.5. The van der Waals surface area contributed by atoms with Crippen LogP contribution in [-0.2, 0) is 17.9 Å². The van der Waals surface area contributed by atoms with Crippen LogP contribution in [0.4, 0.5) is 0 Å². The Hall–Kier alpha value is -3.48. The molecule has 2 aromatic carbocycles. The van der Waals surface area contributed by atoms with E-state index in [-0.39, 0.29) is 17.7 Å². The molecule has 2 N–H and O–H groups in total. The molecule has 1 aromatic heterocycles. The summed E-state index contributed by atoms with van der Waals surface area (Å²) < 4.78 is 1.75. The summed E-state index contributed by atoms with van der Waals surface area (Å²) in [4.78, 5) is 29.2. The van der Waals surface area contributed by atoms with E-state index in [4.69, 9.17) is 0 Å². The van der Waals surface area contributed by atoms with Crippen molar-refractivity contribution in [3.8, 4) is 0 Å². The van der Waals surface area contributed by atoms with E-state index in [0.29, 0.717) is 18.7 Å². The van der Waals surface area contributed by atoms with E-state index in [1.54, 1.807) is 23.1 Å². The molecule has 0 aliphatic heterocycles. The van der Waals surface area contributed by atoms with Gasteiger partial charge in [0.05, 0.1) is 6.54 Å². The van der Waals surface area contributed by atoms with Crippen LogP contribution in [0.15, 0.2) is 61.2 Å². The van der Waals surface area contributed by atoms with Crippen molar-refractivity contribution >= 4 is 11.8 Å². The maximum absolute atomic E-state index is 12.7. The van der Waals surface area contributed by atoms with Crippen LogP contribution in [0.2, 0.25) is 0 Å². The molecule has 0 fully saturated rings. The van der Waals surface area contributed by atoms with Gasteiger partial charge in [-0.05, 0) is 36.1 Å². The predicted molar refractivity (Wildman–Crippen MR) is 115 cm³/mol. The van der Waals surface area contributed by atoms with Crippen LogP contribution in [-0.4, -0.2) is 32.6 Å². The number of aromatic nitrogens is 3. The van der Waals surface area contributed by atoms with Crippen molar-refractivity contribution in [3.63, 3.8) is 0 Å². The first-order valence-electron chi connectivity index (χ1n) is 9.98. The number of hydrogen-bond donors (Lipinski definition) is 2. The van der Waals surface area contributed by atoms with Gasteiger partial charge in [-0.2, -0.15) is 5.10 Å². The second-order valence-corrected chi connectivity index (χ2v) is 7.69. The van der Waals surface area contributed by atoms with Gasteiger partial charge in [0, 0.05) is 12.1 Å². The third kappa shape index (κ3) is 5.76. The Balaban J connectivity index is 1.55. The van der Waals surface area contributed by atoms with Gasteiger partial charge in [-0.25, -0.2) is 9.67 Å². The van der Waals surface area contributed by atoms with E-state index >= 15 is 0 Å². The van der Waals surface area contributed by atoms with Gasteiger partial charge in [-0.3, -0.25) is 9.59 Å². The molecule has 7 nitrogen and oxygen atoms in total. The normalized spacial score (nSPS) is 11.9. The molecule has 156 valence electrons. The summed E-state index contributed by atoms with van der Waals surface area (Å²) in [5.41, 5.74) is 3.71. The third-order valence-electron chi connectivity index (χ3n) is 4.85. The zero-order chi connectivity index (χ0) is 21.5. The minimum Gasteiger partial charge on any atom is -0.350 e. The monoisotopic (exact) mass is 405 g/mol. The van der Waals surface area contributed by atoms with Crippen LogP contribution >= 0.6 is 0 Å². The maximum Gasteiger partial charge on any atom is 0.251 e. The molecular formula is C23H27N5O2. The number of carbonyl (C=O) groups is 2. The van der Waals surface area contributed by atoms with Gasteiger partial charge in [0.15, 0.2) is 0 Å². The van der Waals surface area contributed by atoms with E-state index in [2.05, 4.69) is 20.7 Å². The lowest BCUT2D eigenvalue weighted by molar-refractivity contribution is -0.124.